The lowest BCUT2D eigenvalue weighted by Gasteiger charge is -2.24. The first-order valence-electron chi connectivity index (χ1n) is 8.98. The minimum absolute atomic E-state index is 0.103. The third-order valence-electron chi connectivity index (χ3n) is 5.07. The quantitative estimate of drug-likeness (QED) is 0.594. The number of nitrogens with zero attached hydrogens (tertiary/aromatic N) is 4. The number of fused-ring (bicyclic) bond motifs is 2. The highest BCUT2D eigenvalue weighted by Gasteiger charge is 2.33. The zero-order valence-electron chi connectivity index (χ0n) is 15.1. The van der Waals surface area contributed by atoms with Gasteiger partial charge in [-0.3, -0.25) is 19.0 Å². The Hall–Kier alpha value is -3.68. The number of hydrogen-bond donors (Lipinski definition) is 1. The Bertz CT molecular complexity index is 1250. The van der Waals surface area contributed by atoms with E-state index in [1.165, 1.54) is 0 Å². The Morgan fingerprint density at radius 2 is 2.00 bits per heavy atom. The van der Waals surface area contributed by atoms with Gasteiger partial charge in [-0.05, 0) is 24.3 Å². The van der Waals surface area contributed by atoms with Crippen molar-refractivity contribution >= 4 is 22.8 Å². The van der Waals surface area contributed by atoms with Crippen molar-refractivity contribution in [3.05, 3.63) is 64.8 Å². The van der Waals surface area contributed by atoms with E-state index in [4.69, 9.17) is 4.42 Å². The zero-order valence-corrected chi connectivity index (χ0v) is 15.1. The smallest absolute Gasteiger partial charge is 0.408 e. The Balaban J connectivity index is 1.65. The van der Waals surface area contributed by atoms with Crippen molar-refractivity contribution < 1.29 is 9.21 Å². The van der Waals surface area contributed by atoms with Crippen molar-refractivity contribution in [2.45, 2.75) is 18.9 Å². The van der Waals surface area contributed by atoms with Crippen molar-refractivity contribution in [1.29, 1.82) is 0 Å². The van der Waals surface area contributed by atoms with Crippen LogP contribution in [0.4, 0.5) is 5.82 Å². The zero-order chi connectivity index (χ0) is 19.3. The summed E-state index contributed by atoms with van der Waals surface area (Å²) < 4.78 is 8.58. The second kappa shape index (κ2) is 6.19. The molecule has 5 rings (SSSR count). The van der Waals surface area contributed by atoms with Gasteiger partial charge in [0.1, 0.15) is 11.5 Å². The molecular formula is C20H17N5O3. The SMILES string of the molecule is Cn1nc(-c2ccccn2)c2c1NC(=O)C[C@@H]2Cn1c(=O)oc2ccccc21. The van der Waals surface area contributed by atoms with Gasteiger partial charge in [0.05, 0.1) is 11.2 Å². The Morgan fingerprint density at radius 1 is 1.18 bits per heavy atom. The lowest BCUT2D eigenvalue weighted by molar-refractivity contribution is -0.117. The summed E-state index contributed by atoms with van der Waals surface area (Å²) in [5, 5.41) is 7.49. The fraction of sp³-hybridized carbons (Fsp3) is 0.200. The van der Waals surface area contributed by atoms with Crippen molar-refractivity contribution in [3.63, 3.8) is 0 Å². The third-order valence-corrected chi connectivity index (χ3v) is 5.07. The summed E-state index contributed by atoms with van der Waals surface area (Å²) in [6, 6.07) is 12.9. The van der Waals surface area contributed by atoms with Gasteiger partial charge >= 0.3 is 5.76 Å². The third kappa shape index (κ3) is 2.53. The molecule has 3 aromatic heterocycles. The number of aryl methyl sites for hydroxylation is 1. The van der Waals surface area contributed by atoms with Crippen LogP contribution in [-0.4, -0.2) is 25.2 Å². The lowest BCUT2D eigenvalue weighted by atomic mass is 9.90. The minimum atomic E-state index is -0.433. The molecular weight excluding hydrogens is 358 g/mol. The number of oxazole rings is 1. The van der Waals surface area contributed by atoms with Crippen LogP contribution < -0.4 is 11.1 Å². The van der Waals surface area contributed by atoms with E-state index in [1.807, 2.05) is 36.4 Å². The summed E-state index contributed by atoms with van der Waals surface area (Å²) in [6.45, 7) is 0.321. The molecule has 28 heavy (non-hydrogen) atoms. The molecule has 1 amide bonds. The van der Waals surface area contributed by atoms with Crippen molar-refractivity contribution in [2.75, 3.05) is 5.32 Å². The molecule has 0 aliphatic carbocycles. The molecule has 8 nitrogen and oxygen atoms in total. The van der Waals surface area contributed by atoms with Crippen LogP contribution in [-0.2, 0) is 18.4 Å². The topological polar surface area (TPSA) is 95.0 Å². The first-order chi connectivity index (χ1) is 13.6. The van der Waals surface area contributed by atoms with Crippen LogP contribution in [0.2, 0.25) is 0 Å². The number of aromatic nitrogens is 4. The summed E-state index contributed by atoms with van der Waals surface area (Å²) in [6.07, 6.45) is 1.96. The molecule has 4 aromatic rings. The van der Waals surface area contributed by atoms with E-state index in [0.29, 0.717) is 29.2 Å². The monoisotopic (exact) mass is 375 g/mol. The number of benzene rings is 1. The second-order valence-corrected chi connectivity index (χ2v) is 6.84. The number of anilines is 1. The molecule has 1 aromatic carbocycles. The molecule has 0 spiro atoms. The van der Waals surface area contributed by atoms with Crippen molar-refractivity contribution in [2.24, 2.45) is 7.05 Å². The number of carbonyl (C=O) groups is 1. The maximum absolute atomic E-state index is 12.4. The van der Waals surface area contributed by atoms with Gasteiger partial charge in [0, 0.05) is 37.7 Å². The van der Waals surface area contributed by atoms with E-state index < -0.39 is 5.76 Å². The van der Waals surface area contributed by atoms with Crippen LogP contribution in [0.1, 0.15) is 17.9 Å². The van der Waals surface area contributed by atoms with Gasteiger partial charge in [0.15, 0.2) is 5.58 Å². The molecule has 0 unspecified atom stereocenters. The standard InChI is InChI=1S/C20H17N5O3/c1-24-19-17(18(23-24)13-6-4-5-9-21-13)12(10-16(26)22-19)11-25-14-7-2-3-8-15(14)28-20(25)27/h2-9,12H,10-11H2,1H3,(H,22,26)/t12-/m1/s1. The van der Waals surface area contributed by atoms with Gasteiger partial charge in [0.2, 0.25) is 5.91 Å². The number of hydrogen-bond acceptors (Lipinski definition) is 5. The first-order valence-corrected chi connectivity index (χ1v) is 8.98. The Labute approximate surface area is 159 Å². The highest BCUT2D eigenvalue weighted by molar-refractivity contribution is 5.95. The van der Waals surface area contributed by atoms with E-state index in [-0.39, 0.29) is 18.2 Å². The minimum Gasteiger partial charge on any atom is -0.408 e. The van der Waals surface area contributed by atoms with Crippen LogP contribution in [0.25, 0.3) is 22.5 Å². The molecule has 1 aliphatic heterocycles. The molecule has 140 valence electrons. The van der Waals surface area contributed by atoms with Crippen LogP contribution in [0.5, 0.6) is 0 Å². The number of nitrogens with one attached hydrogen (secondary N) is 1. The van der Waals surface area contributed by atoms with E-state index in [2.05, 4.69) is 15.4 Å². The molecule has 0 saturated carbocycles. The second-order valence-electron chi connectivity index (χ2n) is 6.84. The van der Waals surface area contributed by atoms with Crippen LogP contribution >= 0.6 is 0 Å². The van der Waals surface area contributed by atoms with Gasteiger partial charge in [-0.25, -0.2) is 4.79 Å². The molecule has 0 bridgehead atoms. The van der Waals surface area contributed by atoms with Gasteiger partial charge < -0.3 is 9.73 Å². The first kappa shape index (κ1) is 16.5. The summed E-state index contributed by atoms with van der Waals surface area (Å²) in [5.74, 6) is -0.123. The van der Waals surface area contributed by atoms with E-state index in [9.17, 15) is 9.59 Å². The van der Waals surface area contributed by atoms with Gasteiger partial charge in [-0.1, -0.05) is 18.2 Å². The summed E-state index contributed by atoms with van der Waals surface area (Å²) in [7, 11) is 1.79. The summed E-state index contributed by atoms with van der Waals surface area (Å²) in [5.41, 5.74) is 3.57. The van der Waals surface area contributed by atoms with Crippen LogP contribution in [0, 0.1) is 0 Å². The van der Waals surface area contributed by atoms with Gasteiger partial charge in [0.25, 0.3) is 0 Å². The molecule has 1 aliphatic rings. The van der Waals surface area contributed by atoms with Crippen LogP contribution in [0.15, 0.2) is 57.9 Å². The maximum atomic E-state index is 12.4. The summed E-state index contributed by atoms with van der Waals surface area (Å²) >= 11 is 0. The summed E-state index contributed by atoms with van der Waals surface area (Å²) in [4.78, 5) is 29.2. The number of amides is 1. The van der Waals surface area contributed by atoms with Gasteiger partial charge in [-0.15, -0.1) is 0 Å². The molecule has 1 atom stereocenters. The van der Waals surface area contributed by atoms with E-state index in [0.717, 1.165) is 11.3 Å². The van der Waals surface area contributed by atoms with Gasteiger partial charge in [-0.2, -0.15) is 5.10 Å². The average Bonchev–Trinajstić information content (AvgIpc) is 3.20. The van der Waals surface area contributed by atoms with Crippen LogP contribution in [0.3, 0.4) is 0 Å². The molecule has 1 N–H and O–H groups in total. The molecule has 4 heterocycles. The maximum Gasteiger partial charge on any atom is 0.419 e. The molecule has 8 heteroatoms. The van der Waals surface area contributed by atoms with Crippen molar-refractivity contribution in [3.8, 4) is 11.4 Å². The normalized spacial score (nSPS) is 16.2. The fourth-order valence-corrected chi connectivity index (χ4v) is 3.84. The number of para-hydroxylation sites is 2. The Kier molecular flexibility index (Phi) is 3.65. The molecule has 0 fully saturated rings. The van der Waals surface area contributed by atoms with E-state index >= 15 is 0 Å². The largest absolute Gasteiger partial charge is 0.419 e. The predicted octanol–water partition coefficient (Wildman–Crippen LogP) is 2.52. The number of pyridine rings is 1. The molecule has 0 saturated heterocycles. The predicted molar refractivity (Wildman–Crippen MR) is 103 cm³/mol. The highest BCUT2D eigenvalue weighted by Crippen LogP contribution is 2.39. The average molecular weight is 375 g/mol. The number of rotatable bonds is 3. The Morgan fingerprint density at radius 3 is 2.82 bits per heavy atom. The lowest BCUT2D eigenvalue weighted by Crippen LogP contribution is -2.28. The highest BCUT2D eigenvalue weighted by atomic mass is 16.4. The number of carbonyl (C=O) groups excluding carboxylic acids is 1. The van der Waals surface area contributed by atoms with E-state index in [1.54, 1.807) is 28.6 Å². The fourth-order valence-electron chi connectivity index (χ4n) is 3.84. The molecule has 0 radical (unpaired) electrons. The van der Waals surface area contributed by atoms with Crippen molar-refractivity contribution in [1.82, 2.24) is 19.3 Å².